The van der Waals surface area contributed by atoms with Gasteiger partial charge < -0.3 is 10.0 Å². The Kier molecular flexibility index (Phi) is 3.31. The van der Waals surface area contributed by atoms with Crippen LogP contribution in [0.25, 0.3) is 0 Å². The molecule has 0 radical (unpaired) electrons. The molecule has 0 aromatic heterocycles. The number of carbonyl (C=O) groups excluding carboxylic acids is 1. The first-order valence-corrected chi connectivity index (χ1v) is 7.25. The maximum atomic E-state index is 12.9. The van der Waals surface area contributed by atoms with E-state index >= 15 is 0 Å². The van der Waals surface area contributed by atoms with E-state index in [0.717, 1.165) is 37.7 Å². The third-order valence-electron chi connectivity index (χ3n) is 4.64. The summed E-state index contributed by atoms with van der Waals surface area (Å²) in [5.74, 6) is 0.229. The summed E-state index contributed by atoms with van der Waals surface area (Å²) < 4.78 is 0. The molecule has 0 unspecified atom stereocenters. The van der Waals surface area contributed by atoms with Gasteiger partial charge >= 0.3 is 0 Å². The first kappa shape index (κ1) is 12.7. The largest absolute Gasteiger partial charge is 0.391 e. The summed E-state index contributed by atoms with van der Waals surface area (Å²) in [7, 11) is 0. The van der Waals surface area contributed by atoms with Gasteiger partial charge in [0.25, 0.3) is 0 Å². The van der Waals surface area contributed by atoms with Crippen LogP contribution >= 0.6 is 0 Å². The molecule has 1 amide bonds. The van der Waals surface area contributed by atoms with Crippen LogP contribution in [0.2, 0.25) is 0 Å². The van der Waals surface area contributed by atoms with E-state index in [9.17, 15) is 9.90 Å². The molecular weight excluding hydrogens is 238 g/mol. The molecule has 1 N–H and O–H groups in total. The van der Waals surface area contributed by atoms with Crippen LogP contribution in [0.4, 0.5) is 0 Å². The van der Waals surface area contributed by atoms with E-state index in [1.807, 2.05) is 23.1 Å². The summed E-state index contributed by atoms with van der Waals surface area (Å²) in [4.78, 5) is 14.8. The lowest BCUT2D eigenvalue weighted by Gasteiger charge is -2.32. The first-order chi connectivity index (χ1) is 9.22. The highest BCUT2D eigenvalue weighted by molar-refractivity contribution is 5.89. The van der Waals surface area contributed by atoms with Gasteiger partial charge in [-0.3, -0.25) is 4.79 Å². The van der Waals surface area contributed by atoms with Crippen molar-refractivity contribution in [1.82, 2.24) is 4.90 Å². The smallest absolute Gasteiger partial charge is 0.233 e. The molecule has 1 saturated heterocycles. The summed E-state index contributed by atoms with van der Waals surface area (Å²) in [5, 5.41) is 9.65. The highest BCUT2D eigenvalue weighted by atomic mass is 16.3. The van der Waals surface area contributed by atoms with Gasteiger partial charge in [-0.05, 0) is 24.8 Å². The van der Waals surface area contributed by atoms with Crippen LogP contribution in [-0.4, -0.2) is 35.1 Å². The second kappa shape index (κ2) is 4.97. The molecule has 1 saturated carbocycles. The Morgan fingerprint density at radius 3 is 2.47 bits per heavy atom. The molecule has 1 atom stereocenters. The third-order valence-corrected chi connectivity index (χ3v) is 4.64. The zero-order chi connectivity index (χ0) is 13.3. The second-order valence-electron chi connectivity index (χ2n) is 5.85. The first-order valence-electron chi connectivity index (χ1n) is 7.25. The molecule has 2 aliphatic rings. The fraction of sp³-hybridized carbons (Fsp3) is 0.562. The number of hydrogen-bond donors (Lipinski definition) is 1. The molecule has 3 heteroatoms. The molecule has 3 rings (SSSR count). The number of aliphatic hydroxyl groups is 1. The number of likely N-dealkylation sites (tertiary alicyclic amines) is 1. The van der Waals surface area contributed by atoms with Gasteiger partial charge in [0.1, 0.15) is 0 Å². The molecule has 2 fully saturated rings. The Morgan fingerprint density at radius 1 is 1.21 bits per heavy atom. The molecule has 3 nitrogen and oxygen atoms in total. The second-order valence-corrected chi connectivity index (χ2v) is 5.85. The van der Waals surface area contributed by atoms with E-state index in [2.05, 4.69) is 12.1 Å². The SMILES string of the molecule is O=C(N1CC[C@@H](O)C1)C1(c2ccccc2)CCCC1. The van der Waals surface area contributed by atoms with Crippen LogP contribution in [0.5, 0.6) is 0 Å². The van der Waals surface area contributed by atoms with Crippen LogP contribution in [-0.2, 0) is 10.2 Å². The van der Waals surface area contributed by atoms with Crippen molar-refractivity contribution in [3.63, 3.8) is 0 Å². The summed E-state index contributed by atoms with van der Waals surface area (Å²) in [5.41, 5.74) is 0.824. The molecule has 1 heterocycles. The average molecular weight is 259 g/mol. The quantitative estimate of drug-likeness (QED) is 0.883. The summed E-state index contributed by atoms with van der Waals surface area (Å²) >= 11 is 0. The van der Waals surface area contributed by atoms with E-state index in [1.165, 1.54) is 0 Å². The van der Waals surface area contributed by atoms with Crippen molar-refractivity contribution < 1.29 is 9.90 Å². The number of carbonyl (C=O) groups is 1. The highest BCUT2D eigenvalue weighted by Crippen LogP contribution is 2.43. The third kappa shape index (κ3) is 2.16. The van der Waals surface area contributed by atoms with Crippen molar-refractivity contribution >= 4 is 5.91 Å². The molecule has 0 bridgehead atoms. The molecule has 1 aromatic rings. The Hall–Kier alpha value is -1.35. The van der Waals surface area contributed by atoms with E-state index in [4.69, 9.17) is 0 Å². The van der Waals surface area contributed by atoms with Crippen molar-refractivity contribution in [3.05, 3.63) is 35.9 Å². The van der Waals surface area contributed by atoms with Crippen LogP contribution in [0, 0.1) is 0 Å². The minimum Gasteiger partial charge on any atom is -0.391 e. The van der Waals surface area contributed by atoms with Gasteiger partial charge in [-0.15, -0.1) is 0 Å². The number of β-amino-alcohol motifs (C(OH)–C–C–N with tert-alkyl or cyclic N) is 1. The fourth-order valence-corrected chi connectivity index (χ4v) is 3.59. The Balaban J connectivity index is 1.91. The average Bonchev–Trinajstić information content (AvgIpc) is 3.08. The molecular formula is C16H21NO2. The highest BCUT2D eigenvalue weighted by Gasteiger charge is 2.45. The molecule has 1 aliphatic heterocycles. The fourth-order valence-electron chi connectivity index (χ4n) is 3.59. The van der Waals surface area contributed by atoms with E-state index < -0.39 is 0 Å². The maximum Gasteiger partial charge on any atom is 0.233 e. The molecule has 19 heavy (non-hydrogen) atoms. The maximum absolute atomic E-state index is 12.9. The van der Waals surface area contributed by atoms with Crippen LogP contribution in [0.15, 0.2) is 30.3 Å². The molecule has 0 spiro atoms. The van der Waals surface area contributed by atoms with Crippen LogP contribution in [0.3, 0.4) is 0 Å². The van der Waals surface area contributed by atoms with Crippen molar-refractivity contribution in [2.45, 2.75) is 43.6 Å². The summed E-state index contributed by atoms with van der Waals surface area (Å²) in [6.45, 7) is 1.21. The number of benzene rings is 1. The topological polar surface area (TPSA) is 40.5 Å². The standard InChI is InChI=1S/C16H21NO2/c18-14-8-11-17(12-14)15(19)16(9-4-5-10-16)13-6-2-1-3-7-13/h1-3,6-7,14,18H,4-5,8-12H2/t14-/m1/s1. The Bertz CT molecular complexity index is 451. The van der Waals surface area contributed by atoms with Crippen molar-refractivity contribution in [2.24, 2.45) is 0 Å². The number of nitrogens with zero attached hydrogens (tertiary/aromatic N) is 1. The monoisotopic (exact) mass is 259 g/mol. The van der Waals surface area contributed by atoms with E-state index in [1.54, 1.807) is 0 Å². The minimum atomic E-state index is -0.335. The van der Waals surface area contributed by atoms with Crippen molar-refractivity contribution in [3.8, 4) is 0 Å². The van der Waals surface area contributed by atoms with Gasteiger partial charge in [0.15, 0.2) is 0 Å². The zero-order valence-corrected chi connectivity index (χ0v) is 11.2. The van der Waals surface area contributed by atoms with Gasteiger partial charge in [-0.1, -0.05) is 43.2 Å². The van der Waals surface area contributed by atoms with Gasteiger partial charge in [0.2, 0.25) is 5.91 Å². The lowest BCUT2D eigenvalue weighted by Crippen LogP contribution is -2.44. The van der Waals surface area contributed by atoms with E-state index in [0.29, 0.717) is 13.1 Å². The lowest BCUT2D eigenvalue weighted by atomic mass is 9.77. The van der Waals surface area contributed by atoms with Crippen LogP contribution in [0.1, 0.15) is 37.7 Å². The Labute approximate surface area is 114 Å². The van der Waals surface area contributed by atoms with Crippen molar-refractivity contribution in [1.29, 1.82) is 0 Å². The van der Waals surface area contributed by atoms with Crippen LogP contribution < -0.4 is 0 Å². The zero-order valence-electron chi connectivity index (χ0n) is 11.2. The van der Waals surface area contributed by atoms with Gasteiger partial charge in [0, 0.05) is 13.1 Å². The minimum absolute atomic E-state index is 0.229. The Morgan fingerprint density at radius 2 is 1.89 bits per heavy atom. The van der Waals surface area contributed by atoms with Gasteiger partial charge in [-0.2, -0.15) is 0 Å². The summed E-state index contributed by atoms with van der Waals surface area (Å²) in [6, 6.07) is 10.2. The number of aliphatic hydroxyl groups excluding tert-OH is 1. The number of rotatable bonds is 2. The number of amides is 1. The normalized spacial score (nSPS) is 25.7. The van der Waals surface area contributed by atoms with E-state index in [-0.39, 0.29) is 17.4 Å². The van der Waals surface area contributed by atoms with Crippen molar-refractivity contribution in [2.75, 3.05) is 13.1 Å². The number of hydrogen-bond acceptors (Lipinski definition) is 2. The molecule has 1 aromatic carbocycles. The molecule has 1 aliphatic carbocycles. The predicted molar refractivity (Wildman–Crippen MR) is 73.8 cm³/mol. The van der Waals surface area contributed by atoms with Gasteiger partial charge in [0.05, 0.1) is 11.5 Å². The lowest BCUT2D eigenvalue weighted by molar-refractivity contribution is -0.136. The van der Waals surface area contributed by atoms with Gasteiger partial charge in [-0.25, -0.2) is 0 Å². The predicted octanol–water partition coefficient (Wildman–Crippen LogP) is 2.09. The summed E-state index contributed by atoms with van der Waals surface area (Å²) in [6.07, 6.45) is 4.52. The molecule has 102 valence electrons.